The van der Waals surface area contributed by atoms with Gasteiger partial charge in [-0.2, -0.15) is 0 Å². The Morgan fingerprint density at radius 3 is 2.61 bits per heavy atom. The zero-order valence-electron chi connectivity index (χ0n) is 21.5. The number of piperidine rings is 1. The van der Waals surface area contributed by atoms with E-state index in [1.807, 2.05) is 18.2 Å². The first-order valence-electron chi connectivity index (χ1n) is 14.0. The largest absolute Gasteiger partial charge is 0.322 e. The molecule has 0 spiro atoms. The predicted molar refractivity (Wildman–Crippen MR) is 146 cm³/mol. The maximum absolute atomic E-state index is 13.1. The fourth-order valence-corrected chi connectivity index (χ4v) is 10.2. The normalized spacial score (nSPS) is 31.7. The minimum Gasteiger partial charge on any atom is -0.322 e. The lowest BCUT2D eigenvalue weighted by atomic mass is 9.49. The molecule has 1 aromatic carbocycles. The number of amides is 3. The number of nitrogens with one attached hydrogen (secondary N) is 2. The third-order valence-electron chi connectivity index (χ3n) is 9.46. The van der Waals surface area contributed by atoms with Gasteiger partial charge in [0.05, 0.1) is 11.4 Å². The molecule has 2 N–H and O–H groups in total. The van der Waals surface area contributed by atoms with Crippen molar-refractivity contribution in [1.82, 2.24) is 20.5 Å². The Labute approximate surface area is 231 Å². The number of thioether (sulfide) groups is 1. The van der Waals surface area contributed by atoms with Gasteiger partial charge in [-0.05, 0) is 85.8 Å². The molecule has 4 saturated carbocycles. The molecule has 200 valence electrons. The molecule has 7 nitrogen and oxygen atoms in total. The number of aromatic nitrogens is 1. The second kappa shape index (κ2) is 9.75. The summed E-state index contributed by atoms with van der Waals surface area (Å²) >= 11 is 3.40. The number of rotatable bonds is 8. The highest BCUT2D eigenvalue weighted by atomic mass is 32.2. The second-order valence-corrected chi connectivity index (χ2v) is 14.2. The number of carbonyl (C=O) groups is 3. The number of nitrogens with zero attached hydrogens (tertiary/aromatic N) is 2. The van der Waals surface area contributed by atoms with Gasteiger partial charge in [0.25, 0.3) is 5.91 Å². The SMILES string of the molecule is O=C1CCC(N2Cc3c(SCc4nc(CNCC56CC7CC(CC(C7)C5)C6)cs4)cccc3C2=O)C(=O)N1. The molecular weight excluding hydrogens is 516 g/mol. The van der Waals surface area contributed by atoms with Crippen LogP contribution in [0.1, 0.15) is 78.0 Å². The molecule has 3 heterocycles. The van der Waals surface area contributed by atoms with Crippen LogP contribution < -0.4 is 10.6 Å². The summed E-state index contributed by atoms with van der Waals surface area (Å²) in [7, 11) is 0. The molecule has 1 unspecified atom stereocenters. The van der Waals surface area contributed by atoms with E-state index in [9.17, 15) is 14.4 Å². The fraction of sp³-hybridized carbons (Fsp3) is 0.586. The summed E-state index contributed by atoms with van der Waals surface area (Å²) in [5, 5.41) is 9.40. The van der Waals surface area contributed by atoms with Gasteiger partial charge in [0.15, 0.2) is 0 Å². The summed E-state index contributed by atoms with van der Waals surface area (Å²) in [6.07, 6.45) is 9.38. The summed E-state index contributed by atoms with van der Waals surface area (Å²) in [4.78, 5) is 44.6. The molecule has 4 bridgehead atoms. The molecule has 1 atom stereocenters. The van der Waals surface area contributed by atoms with Crippen LogP contribution in [0.4, 0.5) is 0 Å². The van der Waals surface area contributed by atoms with E-state index in [0.29, 0.717) is 23.9 Å². The Balaban J connectivity index is 0.949. The smallest absolute Gasteiger partial charge is 0.255 e. The Morgan fingerprint density at radius 2 is 1.87 bits per heavy atom. The van der Waals surface area contributed by atoms with Crippen LogP contribution in [0.15, 0.2) is 28.5 Å². The van der Waals surface area contributed by atoms with E-state index in [2.05, 4.69) is 16.0 Å². The molecule has 4 aliphatic carbocycles. The lowest BCUT2D eigenvalue weighted by Gasteiger charge is -2.57. The fourth-order valence-electron chi connectivity index (χ4n) is 8.29. The molecule has 2 aromatic rings. The van der Waals surface area contributed by atoms with Crippen LogP contribution in [0.2, 0.25) is 0 Å². The zero-order chi connectivity index (χ0) is 25.9. The summed E-state index contributed by atoms with van der Waals surface area (Å²) < 4.78 is 0. The van der Waals surface area contributed by atoms with Crippen LogP contribution in [0.3, 0.4) is 0 Å². The van der Waals surface area contributed by atoms with Crippen molar-refractivity contribution in [2.24, 2.45) is 23.2 Å². The van der Waals surface area contributed by atoms with E-state index in [0.717, 1.165) is 57.8 Å². The molecule has 1 saturated heterocycles. The van der Waals surface area contributed by atoms with Crippen LogP contribution in [-0.4, -0.2) is 40.2 Å². The first-order valence-corrected chi connectivity index (χ1v) is 15.8. The average molecular weight is 551 g/mol. The second-order valence-electron chi connectivity index (χ2n) is 12.2. The van der Waals surface area contributed by atoms with Crippen molar-refractivity contribution < 1.29 is 14.4 Å². The van der Waals surface area contributed by atoms with Crippen LogP contribution in [-0.2, 0) is 28.4 Å². The van der Waals surface area contributed by atoms with Crippen molar-refractivity contribution in [3.8, 4) is 0 Å². The molecule has 38 heavy (non-hydrogen) atoms. The third-order valence-corrected chi connectivity index (χ3v) is 11.7. The quantitative estimate of drug-likeness (QED) is 0.372. The Morgan fingerprint density at radius 1 is 1.11 bits per heavy atom. The molecule has 3 amide bonds. The highest BCUT2D eigenvalue weighted by molar-refractivity contribution is 7.98. The van der Waals surface area contributed by atoms with Crippen LogP contribution in [0.25, 0.3) is 0 Å². The number of hydrogen-bond donors (Lipinski definition) is 2. The van der Waals surface area contributed by atoms with Gasteiger partial charge in [-0.1, -0.05) is 6.07 Å². The van der Waals surface area contributed by atoms with Gasteiger partial charge >= 0.3 is 0 Å². The van der Waals surface area contributed by atoms with Crippen LogP contribution in [0, 0.1) is 23.2 Å². The predicted octanol–water partition coefficient (Wildman–Crippen LogP) is 4.50. The first-order chi connectivity index (χ1) is 18.4. The molecule has 8 rings (SSSR count). The van der Waals surface area contributed by atoms with E-state index in [1.165, 1.54) is 38.5 Å². The number of imide groups is 1. The van der Waals surface area contributed by atoms with E-state index in [-0.39, 0.29) is 24.1 Å². The lowest BCUT2D eigenvalue weighted by Crippen LogP contribution is -2.52. The maximum Gasteiger partial charge on any atom is 0.255 e. The lowest BCUT2D eigenvalue weighted by molar-refractivity contribution is -0.136. The molecule has 6 aliphatic rings. The standard InChI is InChI=1S/C29H34N4O3S2/c34-25-5-4-23(27(35)32-25)33-13-22-21(28(33)36)2-1-3-24(22)37-15-26-31-20(14-38-26)12-30-16-29-9-17-6-18(10-29)8-19(7-17)11-29/h1-3,14,17-19,23,30H,4-13,15-16H2,(H,32,34,35). The Kier molecular flexibility index (Phi) is 6.36. The number of carbonyl (C=O) groups excluding carboxylic acids is 3. The minimum absolute atomic E-state index is 0.126. The summed E-state index contributed by atoms with van der Waals surface area (Å²) in [5.41, 5.74) is 3.29. The van der Waals surface area contributed by atoms with Crippen molar-refractivity contribution in [2.75, 3.05) is 6.54 Å². The number of thiazole rings is 1. The molecule has 5 fully saturated rings. The van der Waals surface area contributed by atoms with Gasteiger partial charge in [0.2, 0.25) is 11.8 Å². The number of benzene rings is 1. The highest BCUT2D eigenvalue weighted by Gasteiger charge is 2.50. The summed E-state index contributed by atoms with van der Waals surface area (Å²) in [5.74, 6) is 2.94. The topological polar surface area (TPSA) is 91.4 Å². The minimum atomic E-state index is -0.585. The van der Waals surface area contributed by atoms with Gasteiger partial charge < -0.3 is 10.2 Å². The van der Waals surface area contributed by atoms with Gasteiger partial charge in [-0.25, -0.2) is 4.98 Å². The molecule has 0 radical (unpaired) electrons. The summed E-state index contributed by atoms with van der Waals surface area (Å²) in [6.45, 7) is 2.37. The first kappa shape index (κ1) is 24.8. The number of hydrogen-bond acceptors (Lipinski definition) is 7. The third kappa shape index (κ3) is 4.60. The maximum atomic E-state index is 13.1. The van der Waals surface area contributed by atoms with Crippen LogP contribution in [0.5, 0.6) is 0 Å². The van der Waals surface area contributed by atoms with Gasteiger partial charge in [-0.3, -0.25) is 19.7 Å². The van der Waals surface area contributed by atoms with Gasteiger partial charge in [0, 0.05) is 41.9 Å². The van der Waals surface area contributed by atoms with Crippen LogP contribution >= 0.6 is 23.1 Å². The Hall–Kier alpha value is -2.23. The molecule has 2 aliphatic heterocycles. The van der Waals surface area contributed by atoms with E-state index >= 15 is 0 Å². The van der Waals surface area contributed by atoms with Gasteiger partial charge in [0.1, 0.15) is 11.0 Å². The van der Waals surface area contributed by atoms with E-state index in [4.69, 9.17) is 4.98 Å². The molecule has 9 heteroatoms. The molecule has 1 aromatic heterocycles. The average Bonchev–Trinajstić information content (AvgIpc) is 3.46. The van der Waals surface area contributed by atoms with Gasteiger partial charge in [-0.15, -0.1) is 23.1 Å². The molecular formula is C29H34N4O3S2. The monoisotopic (exact) mass is 550 g/mol. The number of fused-ring (bicyclic) bond motifs is 1. The van der Waals surface area contributed by atoms with Crippen molar-refractivity contribution in [3.63, 3.8) is 0 Å². The van der Waals surface area contributed by atoms with E-state index in [1.54, 1.807) is 28.0 Å². The van der Waals surface area contributed by atoms with Crippen molar-refractivity contribution in [2.45, 2.75) is 81.1 Å². The zero-order valence-corrected chi connectivity index (χ0v) is 23.2. The van der Waals surface area contributed by atoms with Crippen molar-refractivity contribution >= 4 is 40.8 Å². The highest BCUT2D eigenvalue weighted by Crippen LogP contribution is 2.59. The van der Waals surface area contributed by atoms with Crippen molar-refractivity contribution in [1.29, 1.82) is 0 Å². The van der Waals surface area contributed by atoms with E-state index < -0.39 is 6.04 Å². The van der Waals surface area contributed by atoms with Crippen molar-refractivity contribution in [3.05, 3.63) is 45.4 Å². The summed E-state index contributed by atoms with van der Waals surface area (Å²) in [6, 6.07) is 5.21. The Bertz CT molecular complexity index is 1260.